The third-order valence-corrected chi connectivity index (χ3v) is 19.2. The maximum Gasteiger partial charge on any atom is 0.220 e. The lowest BCUT2D eigenvalue weighted by atomic mass is 9.97. The molecule has 0 saturated carbocycles. The Bertz CT molecular complexity index is 1540. The zero-order chi connectivity index (χ0) is 64.5. The standard InChI is InChI=1S/C75H145NO13/c1-3-5-7-9-11-13-15-17-19-21-23-25-27-28-29-30-31-32-33-34-35-36-37-39-41-43-45-47-49-51-53-55-57-59-67(80)76-63(62-86-74-72(85)70(83)73(66(61-78)88-74)89-75-71(84)69(82)68(81)65(60-77)87-75)64(79)58-56-54-52-50-48-46-44-42-40-38-26-24-22-20-18-16-14-12-10-8-6-4-2/h21,23,63-66,68-75,77-79,81-85H,3-20,22,24-62H2,1-2H3,(H,76,80)/b23-21-. The fraction of sp³-hybridized carbons (Fsp3) is 0.960. The molecule has 14 heteroatoms. The number of amides is 1. The van der Waals surface area contributed by atoms with Crippen molar-refractivity contribution in [2.45, 2.75) is 441 Å². The predicted molar refractivity (Wildman–Crippen MR) is 365 cm³/mol. The summed E-state index contributed by atoms with van der Waals surface area (Å²) in [6.07, 6.45) is 58.2. The van der Waals surface area contributed by atoms with Crippen LogP contribution in [0.2, 0.25) is 0 Å². The van der Waals surface area contributed by atoms with Gasteiger partial charge in [-0.1, -0.05) is 334 Å². The van der Waals surface area contributed by atoms with Crippen LogP contribution in [-0.4, -0.2) is 140 Å². The van der Waals surface area contributed by atoms with E-state index < -0.39 is 86.8 Å². The summed E-state index contributed by atoms with van der Waals surface area (Å²) in [5.41, 5.74) is 0. The van der Waals surface area contributed by atoms with Crippen LogP contribution in [0.3, 0.4) is 0 Å². The second-order valence-corrected chi connectivity index (χ2v) is 27.5. The molecule has 12 atom stereocenters. The minimum Gasteiger partial charge on any atom is -0.394 e. The molecule has 0 radical (unpaired) electrons. The molecule has 0 aliphatic carbocycles. The second-order valence-electron chi connectivity index (χ2n) is 27.5. The average molecular weight is 1270 g/mol. The summed E-state index contributed by atoms with van der Waals surface area (Å²) in [5, 5.41) is 87.7. The van der Waals surface area contributed by atoms with Crippen molar-refractivity contribution in [2.75, 3.05) is 19.8 Å². The van der Waals surface area contributed by atoms with Gasteiger partial charge in [-0.3, -0.25) is 4.79 Å². The molecule has 2 fully saturated rings. The van der Waals surface area contributed by atoms with Crippen LogP contribution in [0, 0.1) is 0 Å². The van der Waals surface area contributed by atoms with E-state index in [1.54, 1.807) is 0 Å². The van der Waals surface area contributed by atoms with Crippen LogP contribution in [0.4, 0.5) is 0 Å². The Morgan fingerprint density at radius 3 is 1.07 bits per heavy atom. The third-order valence-electron chi connectivity index (χ3n) is 19.2. The number of hydrogen-bond acceptors (Lipinski definition) is 13. The van der Waals surface area contributed by atoms with E-state index in [4.69, 9.17) is 18.9 Å². The number of unbranched alkanes of at least 4 members (excludes halogenated alkanes) is 50. The van der Waals surface area contributed by atoms with E-state index in [1.807, 2.05) is 0 Å². The third kappa shape index (κ3) is 44.2. The highest BCUT2D eigenvalue weighted by atomic mass is 16.7. The van der Waals surface area contributed by atoms with Crippen LogP contribution in [0.15, 0.2) is 12.2 Å². The van der Waals surface area contributed by atoms with E-state index in [1.165, 1.54) is 289 Å². The number of carbonyl (C=O) groups excluding carboxylic acids is 1. The molecule has 2 aliphatic heterocycles. The van der Waals surface area contributed by atoms with Gasteiger partial charge in [0.05, 0.1) is 32.0 Å². The molecular weight excluding hydrogens is 1120 g/mol. The van der Waals surface area contributed by atoms with E-state index in [2.05, 4.69) is 31.3 Å². The molecule has 0 aromatic rings. The van der Waals surface area contributed by atoms with E-state index >= 15 is 0 Å². The van der Waals surface area contributed by atoms with Crippen LogP contribution >= 0.6 is 0 Å². The Labute approximate surface area is 546 Å². The van der Waals surface area contributed by atoms with Crippen molar-refractivity contribution >= 4 is 5.91 Å². The summed E-state index contributed by atoms with van der Waals surface area (Å²) in [6, 6.07) is -0.826. The van der Waals surface area contributed by atoms with Gasteiger partial charge in [0, 0.05) is 6.42 Å². The van der Waals surface area contributed by atoms with Crippen LogP contribution in [0.25, 0.3) is 0 Å². The van der Waals surface area contributed by atoms with Crippen molar-refractivity contribution in [2.24, 2.45) is 0 Å². The predicted octanol–water partition coefficient (Wildman–Crippen LogP) is 16.5. The molecule has 12 unspecified atom stereocenters. The van der Waals surface area contributed by atoms with Crippen LogP contribution in [0.1, 0.15) is 367 Å². The largest absolute Gasteiger partial charge is 0.394 e. The maximum atomic E-state index is 13.4. The lowest BCUT2D eigenvalue weighted by molar-refractivity contribution is -0.359. The van der Waals surface area contributed by atoms with E-state index in [-0.39, 0.29) is 12.5 Å². The molecule has 0 aromatic carbocycles. The SMILES string of the molecule is CCCCCCCCCC/C=C\CCCCCCCCCCCCCCCCCCCCCCCC(=O)NC(COC1OC(CO)C(OC2OC(CO)C(O)C(O)C2O)C(O)C1O)C(O)CCCCCCCCCCCCCCCCCCCCCCCC. The molecule has 2 rings (SSSR count). The zero-order valence-electron chi connectivity index (χ0n) is 57.7. The lowest BCUT2D eigenvalue weighted by Crippen LogP contribution is -2.65. The number of allylic oxidation sites excluding steroid dienone is 2. The van der Waals surface area contributed by atoms with Crippen molar-refractivity contribution in [1.82, 2.24) is 5.32 Å². The first-order chi connectivity index (χ1) is 43.6. The van der Waals surface area contributed by atoms with Gasteiger partial charge in [-0.05, 0) is 38.5 Å². The molecular formula is C75H145NO13. The number of aliphatic hydroxyl groups is 8. The quantitative estimate of drug-likeness (QED) is 0.0204. The number of rotatable bonds is 65. The Balaban J connectivity index is 1.60. The fourth-order valence-electron chi connectivity index (χ4n) is 13.1. The topological polar surface area (TPSA) is 228 Å². The number of aliphatic hydroxyl groups excluding tert-OH is 8. The van der Waals surface area contributed by atoms with Gasteiger partial charge in [0.25, 0.3) is 0 Å². The Hall–Kier alpha value is -1.27. The average Bonchev–Trinajstić information content (AvgIpc) is 2.75. The van der Waals surface area contributed by atoms with Crippen molar-refractivity contribution in [3.05, 3.63) is 12.2 Å². The molecule has 9 N–H and O–H groups in total. The Morgan fingerprint density at radius 2 is 0.708 bits per heavy atom. The van der Waals surface area contributed by atoms with Gasteiger partial charge in [-0.15, -0.1) is 0 Å². The van der Waals surface area contributed by atoms with Gasteiger partial charge < -0.3 is 65.1 Å². The zero-order valence-corrected chi connectivity index (χ0v) is 57.7. The van der Waals surface area contributed by atoms with Gasteiger partial charge in [0.2, 0.25) is 5.91 Å². The first-order valence-corrected chi connectivity index (χ1v) is 38.4. The van der Waals surface area contributed by atoms with Gasteiger partial charge in [-0.25, -0.2) is 0 Å². The molecule has 89 heavy (non-hydrogen) atoms. The molecule has 1 amide bonds. The van der Waals surface area contributed by atoms with Gasteiger partial charge in [0.15, 0.2) is 12.6 Å². The smallest absolute Gasteiger partial charge is 0.220 e. The molecule has 0 bridgehead atoms. The van der Waals surface area contributed by atoms with Crippen molar-refractivity contribution in [3.8, 4) is 0 Å². The summed E-state index contributed by atoms with van der Waals surface area (Å²) in [6.45, 7) is 2.93. The van der Waals surface area contributed by atoms with E-state index in [0.717, 1.165) is 51.4 Å². The van der Waals surface area contributed by atoms with Crippen LogP contribution in [-0.2, 0) is 23.7 Å². The summed E-state index contributed by atoms with van der Waals surface area (Å²) < 4.78 is 23.0. The highest BCUT2D eigenvalue weighted by molar-refractivity contribution is 5.76. The maximum absolute atomic E-state index is 13.4. The van der Waals surface area contributed by atoms with Crippen molar-refractivity contribution < 1.29 is 64.6 Å². The van der Waals surface area contributed by atoms with Gasteiger partial charge in [0.1, 0.15) is 48.8 Å². The van der Waals surface area contributed by atoms with E-state index in [9.17, 15) is 45.6 Å². The first kappa shape index (κ1) is 83.8. The van der Waals surface area contributed by atoms with Crippen LogP contribution in [0.5, 0.6) is 0 Å². The minimum absolute atomic E-state index is 0.197. The summed E-state index contributed by atoms with van der Waals surface area (Å²) in [5.74, 6) is -0.197. The van der Waals surface area contributed by atoms with Crippen LogP contribution < -0.4 is 5.32 Å². The van der Waals surface area contributed by atoms with Crippen molar-refractivity contribution in [3.63, 3.8) is 0 Å². The molecule has 2 saturated heterocycles. The normalized spacial score (nSPS) is 23.0. The summed E-state index contributed by atoms with van der Waals surface area (Å²) in [4.78, 5) is 13.4. The fourth-order valence-corrected chi connectivity index (χ4v) is 13.1. The molecule has 0 aromatic heterocycles. The van der Waals surface area contributed by atoms with Gasteiger partial charge >= 0.3 is 0 Å². The Kier molecular flexibility index (Phi) is 56.9. The monoisotopic (exact) mass is 1270 g/mol. The molecule has 0 spiro atoms. The summed E-state index contributed by atoms with van der Waals surface area (Å²) >= 11 is 0. The summed E-state index contributed by atoms with van der Waals surface area (Å²) in [7, 11) is 0. The molecule has 2 heterocycles. The Morgan fingerprint density at radius 1 is 0.393 bits per heavy atom. The minimum atomic E-state index is -1.78. The number of hydrogen-bond donors (Lipinski definition) is 9. The number of carbonyl (C=O) groups is 1. The van der Waals surface area contributed by atoms with E-state index in [0.29, 0.717) is 12.8 Å². The number of ether oxygens (including phenoxy) is 4. The molecule has 14 nitrogen and oxygen atoms in total. The molecule has 528 valence electrons. The number of nitrogens with one attached hydrogen (secondary N) is 1. The molecule has 2 aliphatic rings. The highest BCUT2D eigenvalue weighted by Gasteiger charge is 2.51. The van der Waals surface area contributed by atoms with Gasteiger partial charge in [-0.2, -0.15) is 0 Å². The highest BCUT2D eigenvalue weighted by Crippen LogP contribution is 2.30. The first-order valence-electron chi connectivity index (χ1n) is 38.4. The second kappa shape index (κ2) is 60.4. The lowest BCUT2D eigenvalue weighted by Gasteiger charge is -2.46. The van der Waals surface area contributed by atoms with Crippen molar-refractivity contribution in [1.29, 1.82) is 0 Å².